The van der Waals surface area contributed by atoms with E-state index in [1.54, 1.807) is 49.8 Å². The summed E-state index contributed by atoms with van der Waals surface area (Å²) in [5.41, 5.74) is 2.18. The molecule has 2 aliphatic heterocycles. The molecule has 0 saturated heterocycles. The summed E-state index contributed by atoms with van der Waals surface area (Å²) in [6.07, 6.45) is 0.552. The Morgan fingerprint density at radius 1 is 1.11 bits per heavy atom. The Bertz CT molecular complexity index is 1290. The average Bonchev–Trinajstić information content (AvgIpc) is 3.70. The fourth-order valence-electron chi connectivity index (χ4n) is 4.32. The Morgan fingerprint density at radius 2 is 1.92 bits per heavy atom. The van der Waals surface area contributed by atoms with Gasteiger partial charge in [0.15, 0.2) is 11.5 Å². The molecule has 0 saturated carbocycles. The van der Waals surface area contributed by atoms with Crippen LogP contribution >= 0.6 is 11.3 Å². The van der Waals surface area contributed by atoms with E-state index < -0.39 is 0 Å². The van der Waals surface area contributed by atoms with Crippen molar-refractivity contribution < 1.29 is 28.5 Å². The Labute approximate surface area is 218 Å². The molecule has 2 amide bonds. The van der Waals surface area contributed by atoms with E-state index in [0.29, 0.717) is 35.8 Å². The van der Waals surface area contributed by atoms with E-state index in [0.717, 1.165) is 16.2 Å². The van der Waals surface area contributed by atoms with Gasteiger partial charge in [-0.05, 0) is 53.4 Å². The number of hydrogen-bond acceptors (Lipinski definition) is 8. The number of rotatable bonds is 9. The zero-order valence-corrected chi connectivity index (χ0v) is 21.4. The van der Waals surface area contributed by atoms with Crippen molar-refractivity contribution in [2.45, 2.75) is 12.5 Å². The number of benzene rings is 2. The van der Waals surface area contributed by atoms with Gasteiger partial charge in [-0.25, -0.2) is 5.01 Å². The lowest BCUT2D eigenvalue weighted by Crippen LogP contribution is -2.42. The molecule has 9 nitrogen and oxygen atoms in total. The number of carbonyl (C=O) groups excluding carboxylic acids is 2. The second kappa shape index (κ2) is 11.0. The molecule has 10 heteroatoms. The first kappa shape index (κ1) is 24.8. The van der Waals surface area contributed by atoms with Crippen LogP contribution in [0.2, 0.25) is 0 Å². The molecule has 0 unspecified atom stereocenters. The van der Waals surface area contributed by atoms with Crippen molar-refractivity contribution in [2.24, 2.45) is 5.10 Å². The van der Waals surface area contributed by atoms with E-state index in [9.17, 15) is 9.59 Å². The van der Waals surface area contributed by atoms with E-state index in [1.807, 2.05) is 35.7 Å². The zero-order valence-electron chi connectivity index (χ0n) is 20.6. The van der Waals surface area contributed by atoms with Crippen LogP contribution < -0.4 is 14.2 Å². The molecule has 192 valence electrons. The maximum Gasteiger partial charge on any atom is 0.262 e. The molecule has 5 rings (SSSR count). The number of thiophene rings is 1. The van der Waals surface area contributed by atoms with Crippen LogP contribution in [0, 0.1) is 0 Å². The first-order valence-electron chi connectivity index (χ1n) is 11.8. The van der Waals surface area contributed by atoms with Gasteiger partial charge in [0.2, 0.25) is 6.79 Å². The van der Waals surface area contributed by atoms with Gasteiger partial charge in [-0.3, -0.25) is 9.59 Å². The van der Waals surface area contributed by atoms with Crippen molar-refractivity contribution in [1.29, 1.82) is 0 Å². The van der Waals surface area contributed by atoms with Gasteiger partial charge < -0.3 is 23.8 Å². The smallest absolute Gasteiger partial charge is 0.262 e. The number of nitrogens with zero attached hydrogens (tertiary/aromatic N) is 3. The molecule has 0 bridgehead atoms. The van der Waals surface area contributed by atoms with Gasteiger partial charge in [0.1, 0.15) is 12.3 Å². The van der Waals surface area contributed by atoms with Crippen molar-refractivity contribution in [3.8, 4) is 17.2 Å². The van der Waals surface area contributed by atoms with E-state index in [-0.39, 0.29) is 37.7 Å². The minimum absolute atomic E-state index is 0.142. The number of ether oxygens (including phenoxy) is 4. The first-order chi connectivity index (χ1) is 18.1. The fraction of sp³-hybridized carbons (Fsp3) is 0.296. The lowest BCUT2D eigenvalue weighted by Gasteiger charge is -2.27. The standard InChI is InChI=1S/C27H27N3O6S/c1-33-12-11-29(27(32)18-5-8-20(34-2)9-6-18)16-26(31)30-22(15-21(28-30)25-4-3-13-37-25)19-7-10-23-24(14-19)36-17-35-23/h3-10,13-14,22H,11-12,15-17H2,1-2H3/t22-/m1/s1. The number of fused-ring (bicyclic) bond motifs is 1. The number of amides is 2. The minimum Gasteiger partial charge on any atom is -0.497 e. The monoisotopic (exact) mass is 521 g/mol. The van der Waals surface area contributed by atoms with Gasteiger partial charge >= 0.3 is 0 Å². The largest absolute Gasteiger partial charge is 0.497 e. The van der Waals surface area contributed by atoms with Crippen molar-refractivity contribution in [1.82, 2.24) is 9.91 Å². The van der Waals surface area contributed by atoms with Gasteiger partial charge in [-0.2, -0.15) is 5.10 Å². The number of carbonyl (C=O) groups is 2. The van der Waals surface area contributed by atoms with Crippen LogP contribution in [0.1, 0.15) is 33.3 Å². The maximum atomic E-state index is 13.7. The number of methoxy groups -OCH3 is 2. The normalized spacial score (nSPS) is 16.0. The van der Waals surface area contributed by atoms with Crippen LogP contribution in [0.5, 0.6) is 17.2 Å². The third-order valence-corrected chi connectivity index (χ3v) is 7.19. The molecule has 2 aliphatic rings. The van der Waals surface area contributed by atoms with E-state index in [1.165, 1.54) is 9.91 Å². The molecule has 0 spiro atoms. The topological polar surface area (TPSA) is 89.9 Å². The highest BCUT2D eigenvalue weighted by Gasteiger charge is 2.35. The van der Waals surface area contributed by atoms with E-state index >= 15 is 0 Å². The van der Waals surface area contributed by atoms with Crippen LogP contribution in [0.25, 0.3) is 0 Å². The fourth-order valence-corrected chi connectivity index (χ4v) is 5.04. The summed E-state index contributed by atoms with van der Waals surface area (Å²) in [6, 6.07) is 16.1. The minimum atomic E-state index is -0.334. The molecule has 0 aliphatic carbocycles. The Hall–Kier alpha value is -3.89. The summed E-state index contributed by atoms with van der Waals surface area (Å²) in [4.78, 5) is 29.5. The summed E-state index contributed by atoms with van der Waals surface area (Å²) in [6.45, 7) is 0.586. The van der Waals surface area contributed by atoms with Gasteiger partial charge in [0.25, 0.3) is 11.8 Å². The zero-order chi connectivity index (χ0) is 25.8. The lowest BCUT2D eigenvalue weighted by molar-refractivity contribution is -0.133. The summed E-state index contributed by atoms with van der Waals surface area (Å²) in [5.74, 6) is 1.41. The molecule has 0 N–H and O–H groups in total. The lowest BCUT2D eigenvalue weighted by atomic mass is 10.0. The Balaban J connectivity index is 1.41. The number of hydrazone groups is 1. The Kier molecular flexibility index (Phi) is 7.38. The highest BCUT2D eigenvalue weighted by molar-refractivity contribution is 7.12. The molecule has 3 aromatic rings. The predicted octanol–water partition coefficient (Wildman–Crippen LogP) is 3.95. The van der Waals surface area contributed by atoms with Crippen molar-refractivity contribution in [3.63, 3.8) is 0 Å². The van der Waals surface area contributed by atoms with Gasteiger partial charge in [-0.15, -0.1) is 11.3 Å². The summed E-state index contributed by atoms with van der Waals surface area (Å²) < 4.78 is 21.4. The average molecular weight is 522 g/mol. The van der Waals surface area contributed by atoms with Crippen LogP contribution in [0.4, 0.5) is 0 Å². The predicted molar refractivity (Wildman–Crippen MR) is 138 cm³/mol. The van der Waals surface area contributed by atoms with Gasteiger partial charge in [0, 0.05) is 25.6 Å². The van der Waals surface area contributed by atoms with Crippen LogP contribution in [0.15, 0.2) is 65.1 Å². The molecule has 0 fully saturated rings. The molecular weight excluding hydrogens is 494 g/mol. The Morgan fingerprint density at radius 3 is 2.65 bits per heavy atom. The molecule has 37 heavy (non-hydrogen) atoms. The van der Waals surface area contributed by atoms with Crippen molar-refractivity contribution in [3.05, 3.63) is 76.0 Å². The molecule has 1 aromatic heterocycles. The molecule has 2 aromatic carbocycles. The van der Waals surface area contributed by atoms with Crippen molar-refractivity contribution >= 4 is 28.9 Å². The molecule has 1 atom stereocenters. The quantitative estimate of drug-likeness (QED) is 0.424. The maximum absolute atomic E-state index is 13.7. The molecule has 0 radical (unpaired) electrons. The highest BCUT2D eigenvalue weighted by atomic mass is 32.1. The third-order valence-electron chi connectivity index (χ3n) is 6.27. The summed E-state index contributed by atoms with van der Waals surface area (Å²) >= 11 is 1.58. The summed E-state index contributed by atoms with van der Waals surface area (Å²) in [5, 5.41) is 8.20. The van der Waals surface area contributed by atoms with Gasteiger partial charge in [0.05, 0.1) is 30.3 Å². The summed E-state index contributed by atoms with van der Waals surface area (Å²) in [7, 11) is 3.13. The SMILES string of the molecule is COCCN(CC(=O)N1N=C(c2cccs2)C[C@@H]1c1ccc2c(c1)OCO2)C(=O)c1ccc(OC)cc1. The first-order valence-corrected chi connectivity index (χ1v) is 12.7. The molecule has 3 heterocycles. The van der Waals surface area contributed by atoms with Crippen LogP contribution in [-0.2, 0) is 9.53 Å². The van der Waals surface area contributed by atoms with E-state index in [2.05, 4.69) is 0 Å². The van der Waals surface area contributed by atoms with E-state index in [4.69, 9.17) is 24.0 Å². The second-order valence-electron chi connectivity index (χ2n) is 8.54. The van der Waals surface area contributed by atoms with Crippen LogP contribution in [-0.4, -0.2) is 68.1 Å². The van der Waals surface area contributed by atoms with Crippen molar-refractivity contribution in [2.75, 3.05) is 40.7 Å². The van der Waals surface area contributed by atoms with Crippen LogP contribution in [0.3, 0.4) is 0 Å². The number of hydrogen-bond donors (Lipinski definition) is 0. The highest BCUT2D eigenvalue weighted by Crippen LogP contribution is 2.39. The molecular formula is C27H27N3O6S. The van der Waals surface area contributed by atoms with Gasteiger partial charge in [-0.1, -0.05) is 12.1 Å². The third kappa shape index (κ3) is 5.30. The second-order valence-corrected chi connectivity index (χ2v) is 9.49.